The molecule has 112 valence electrons. The van der Waals surface area contributed by atoms with Crippen LogP contribution in [0.4, 0.5) is 5.69 Å². The molecule has 1 aromatic carbocycles. The number of ether oxygens (including phenoxy) is 1. The van der Waals surface area contributed by atoms with Crippen molar-refractivity contribution in [2.24, 2.45) is 17.8 Å². The summed E-state index contributed by atoms with van der Waals surface area (Å²) in [4.78, 5) is 12.2. The molecule has 0 aliphatic rings. The molecule has 0 spiro atoms. The molecule has 3 N–H and O–H groups in total. The SMILES string of the molecule is COc1ccc(N)c(C(=O)NCC(C(C)C)C(C)C)c1. The van der Waals surface area contributed by atoms with Crippen LogP contribution in [0.25, 0.3) is 0 Å². The molecule has 4 nitrogen and oxygen atoms in total. The van der Waals surface area contributed by atoms with Crippen molar-refractivity contribution in [3.05, 3.63) is 23.8 Å². The highest BCUT2D eigenvalue weighted by molar-refractivity contribution is 5.99. The Morgan fingerprint density at radius 2 is 1.85 bits per heavy atom. The van der Waals surface area contributed by atoms with Gasteiger partial charge in [0.1, 0.15) is 5.75 Å². The molecule has 0 fully saturated rings. The largest absolute Gasteiger partial charge is 0.497 e. The van der Waals surface area contributed by atoms with E-state index in [1.807, 2.05) is 0 Å². The van der Waals surface area contributed by atoms with E-state index in [0.717, 1.165) is 0 Å². The lowest BCUT2D eigenvalue weighted by atomic mass is 9.85. The first-order valence-electron chi connectivity index (χ1n) is 7.08. The van der Waals surface area contributed by atoms with E-state index in [-0.39, 0.29) is 5.91 Å². The highest BCUT2D eigenvalue weighted by Gasteiger charge is 2.19. The quantitative estimate of drug-likeness (QED) is 0.786. The fourth-order valence-corrected chi connectivity index (χ4v) is 2.41. The van der Waals surface area contributed by atoms with Crippen molar-refractivity contribution in [2.75, 3.05) is 19.4 Å². The van der Waals surface area contributed by atoms with Gasteiger partial charge < -0.3 is 15.8 Å². The number of nitrogens with two attached hydrogens (primary N) is 1. The molecule has 1 rings (SSSR count). The number of hydrogen-bond donors (Lipinski definition) is 2. The minimum atomic E-state index is -0.146. The summed E-state index contributed by atoms with van der Waals surface area (Å²) in [5.74, 6) is 1.99. The van der Waals surface area contributed by atoms with Gasteiger partial charge in [-0.3, -0.25) is 4.79 Å². The number of benzene rings is 1. The Morgan fingerprint density at radius 3 is 2.35 bits per heavy atom. The van der Waals surface area contributed by atoms with E-state index in [2.05, 4.69) is 33.0 Å². The molecule has 0 saturated carbocycles. The lowest BCUT2D eigenvalue weighted by molar-refractivity contribution is 0.0937. The number of amides is 1. The number of carbonyl (C=O) groups is 1. The van der Waals surface area contributed by atoms with Crippen LogP contribution in [-0.2, 0) is 0 Å². The van der Waals surface area contributed by atoms with Gasteiger partial charge in [0, 0.05) is 12.2 Å². The minimum Gasteiger partial charge on any atom is -0.497 e. The molecule has 0 saturated heterocycles. The monoisotopic (exact) mass is 278 g/mol. The van der Waals surface area contributed by atoms with E-state index in [1.54, 1.807) is 25.3 Å². The molecule has 0 radical (unpaired) electrons. The Labute approximate surface area is 121 Å². The topological polar surface area (TPSA) is 64.3 Å². The van der Waals surface area contributed by atoms with Crippen molar-refractivity contribution in [1.82, 2.24) is 5.32 Å². The van der Waals surface area contributed by atoms with Gasteiger partial charge in [0.2, 0.25) is 0 Å². The summed E-state index contributed by atoms with van der Waals surface area (Å²) in [5.41, 5.74) is 6.79. The Bertz CT molecular complexity index is 448. The zero-order valence-electron chi connectivity index (χ0n) is 13.1. The third-order valence-corrected chi connectivity index (χ3v) is 3.72. The van der Waals surface area contributed by atoms with Crippen molar-refractivity contribution in [2.45, 2.75) is 27.7 Å². The molecule has 1 amide bonds. The van der Waals surface area contributed by atoms with Crippen LogP contribution in [0.2, 0.25) is 0 Å². The van der Waals surface area contributed by atoms with E-state index in [4.69, 9.17) is 10.5 Å². The van der Waals surface area contributed by atoms with Gasteiger partial charge >= 0.3 is 0 Å². The van der Waals surface area contributed by atoms with Gasteiger partial charge in [0.25, 0.3) is 5.91 Å². The zero-order valence-corrected chi connectivity index (χ0v) is 13.1. The van der Waals surface area contributed by atoms with Crippen LogP contribution in [0.15, 0.2) is 18.2 Å². The average Bonchev–Trinajstić information content (AvgIpc) is 2.38. The number of anilines is 1. The van der Waals surface area contributed by atoms with Crippen LogP contribution in [0.3, 0.4) is 0 Å². The molecule has 0 unspecified atom stereocenters. The highest BCUT2D eigenvalue weighted by Crippen LogP contribution is 2.21. The van der Waals surface area contributed by atoms with Crippen LogP contribution < -0.4 is 15.8 Å². The second-order valence-electron chi connectivity index (χ2n) is 5.82. The van der Waals surface area contributed by atoms with Crippen molar-refractivity contribution in [3.63, 3.8) is 0 Å². The molecule has 0 atom stereocenters. The maximum Gasteiger partial charge on any atom is 0.253 e. The summed E-state index contributed by atoms with van der Waals surface area (Å²) in [7, 11) is 1.57. The minimum absolute atomic E-state index is 0.146. The molecular formula is C16H26N2O2. The number of rotatable bonds is 6. The number of nitrogens with one attached hydrogen (secondary N) is 1. The van der Waals surface area contributed by atoms with Crippen molar-refractivity contribution in [3.8, 4) is 5.75 Å². The van der Waals surface area contributed by atoms with Gasteiger partial charge in [-0.2, -0.15) is 0 Å². The normalized spacial score (nSPS) is 11.2. The molecule has 0 aromatic heterocycles. The summed E-state index contributed by atoms with van der Waals surface area (Å²) in [6.45, 7) is 9.37. The van der Waals surface area contributed by atoms with Crippen molar-refractivity contribution >= 4 is 11.6 Å². The lowest BCUT2D eigenvalue weighted by Gasteiger charge is -2.25. The Morgan fingerprint density at radius 1 is 1.25 bits per heavy atom. The van der Waals surface area contributed by atoms with Crippen LogP contribution >= 0.6 is 0 Å². The summed E-state index contributed by atoms with van der Waals surface area (Å²) in [6, 6.07) is 5.11. The summed E-state index contributed by atoms with van der Waals surface area (Å²) < 4.78 is 5.13. The number of nitrogen functional groups attached to an aromatic ring is 1. The van der Waals surface area contributed by atoms with E-state index >= 15 is 0 Å². The third kappa shape index (κ3) is 4.15. The van der Waals surface area contributed by atoms with E-state index in [9.17, 15) is 4.79 Å². The standard InChI is InChI=1S/C16H26N2O2/c1-10(2)14(11(3)4)9-18-16(19)13-8-12(20-5)6-7-15(13)17/h6-8,10-11,14H,9,17H2,1-5H3,(H,18,19). The number of hydrogen-bond acceptors (Lipinski definition) is 3. The first kappa shape index (κ1) is 16.3. The first-order chi connectivity index (χ1) is 9.36. The van der Waals surface area contributed by atoms with Crippen LogP contribution in [-0.4, -0.2) is 19.6 Å². The van der Waals surface area contributed by atoms with E-state index in [1.165, 1.54) is 0 Å². The third-order valence-electron chi connectivity index (χ3n) is 3.72. The fraction of sp³-hybridized carbons (Fsp3) is 0.562. The molecule has 4 heteroatoms. The number of methoxy groups -OCH3 is 1. The maximum absolute atomic E-state index is 12.2. The Kier molecular flexibility index (Phi) is 5.86. The van der Waals surface area contributed by atoms with Crippen LogP contribution in [0.1, 0.15) is 38.1 Å². The zero-order chi connectivity index (χ0) is 15.3. The molecule has 0 heterocycles. The lowest BCUT2D eigenvalue weighted by Crippen LogP contribution is -2.34. The molecule has 0 aliphatic heterocycles. The highest BCUT2D eigenvalue weighted by atomic mass is 16.5. The number of carbonyl (C=O) groups excluding carboxylic acids is 1. The van der Waals surface area contributed by atoms with Gasteiger partial charge in [-0.25, -0.2) is 0 Å². The smallest absolute Gasteiger partial charge is 0.253 e. The van der Waals surface area contributed by atoms with Gasteiger partial charge in [0.15, 0.2) is 0 Å². The summed E-state index contributed by atoms with van der Waals surface area (Å²) in [6.07, 6.45) is 0. The van der Waals surface area contributed by atoms with E-state index < -0.39 is 0 Å². The molecule has 0 bridgehead atoms. The van der Waals surface area contributed by atoms with Gasteiger partial charge in [-0.1, -0.05) is 27.7 Å². The van der Waals surface area contributed by atoms with Gasteiger partial charge in [-0.15, -0.1) is 0 Å². The maximum atomic E-state index is 12.2. The summed E-state index contributed by atoms with van der Waals surface area (Å²) >= 11 is 0. The van der Waals surface area contributed by atoms with Crippen LogP contribution in [0, 0.1) is 17.8 Å². The van der Waals surface area contributed by atoms with Gasteiger partial charge in [0.05, 0.1) is 12.7 Å². The molecular weight excluding hydrogens is 252 g/mol. The predicted octanol–water partition coefficient (Wildman–Crippen LogP) is 2.94. The van der Waals surface area contributed by atoms with Crippen LogP contribution in [0.5, 0.6) is 5.75 Å². The molecule has 20 heavy (non-hydrogen) atoms. The van der Waals surface area contributed by atoms with Crippen molar-refractivity contribution < 1.29 is 9.53 Å². The Balaban J connectivity index is 2.76. The fourth-order valence-electron chi connectivity index (χ4n) is 2.41. The Hall–Kier alpha value is -1.71. The average molecular weight is 278 g/mol. The second kappa shape index (κ2) is 7.17. The van der Waals surface area contributed by atoms with Crippen molar-refractivity contribution in [1.29, 1.82) is 0 Å². The first-order valence-corrected chi connectivity index (χ1v) is 7.08. The molecule has 1 aromatic rings. The second-order valence-corrected chi connectivity index (χ2v) is 5.82. The van der Waals surface area contributed by atoms with Gasteiger partial charge in [-0.05, 0) is 36.0 Å². The predicted molar refractivity (Wildman–Crippen MR) is 82.9 cm³/mol. The molecule has 0 aliphatic carbocycles. The summed E-state index contributed by atoms with van der Waals surface area (Å²) in [5, 5.41) is 2.98. The van der Waals surface area contributed by atoms with E-state index in [0.29, 0.717) is 41.3 Å².